The van der Waals surface area contributed by atoms with Crippen LogP contribution in [-0.2, 0) is 9.53 Å². The molecular weight excluding hydrogens is 348 g/mol. The maximum Gasteiger partial charge on any atom is 0.319 e. The molecule has 0 saturated heterocycles. The Morgan fingerprint density at radius 3 is 2.48 bits per heavy atom. The van der Waals surface area contributed by atoms with Crippen molar-refractivity contribution < 1.29 is 14.3 Å². The van der Waals surface area contributed by atoms with Crippen LogP contribution in [0, 0.1) is 11.3 Å². The van der Waals surface area contributed by atoms with Crippen LogP contribution in [0.3, 0.4) is 0 Å². The van der Waals surface area contributed by atoms with E-state index in [1.807, 2.05) is 6.07 Å². The normalized spacial score (nSPS) is 9.78. The number of methoxy groups -OCH3 is 1. The summed E-state index contributed by atoms with van der Waals surface area (Å²) in [4.78, 5) is 27.4. The number of ether oxygens (including phenoxy) is 1. The Hall–Kier alpha value is -3.64. The van der Waals surface area contributed by atoms with Gasteiger partial charge < -0.3 is 26.0 Å². The molecule has 2 aromatic rings. The van der Waals surface area contributed by atoms with Crippen LogP contribution in [0.2, 0.25) is 0 Å². The van der Waals surface area contributed by atoms with Gasteiger partial charge in [-0.3, -0.25) is 4.79 Å². The van der Waals surface area contributed by atoms with Crippen molar-refractivity contribution in [1.82, 2.24) is 10.3 Å². The van der Waals surface area contributed by atoms with Gasteiger partial charge in [0.2, 0.25) is 5.91 Å². The van der Waals surface area contributed by atoms with Crippen LogP contribution in [0.5, 0.6) is 0 Å². The molecule has 3 amide bonds. The third kappa shape index (κ3) is 6.64. The fourth-order valence-corrected chi connectivity index (χ4v) is 2.13. The number of hydrogen-bond donors (Lipinski definition) is 4. The summed E-state index contributed by atoms with van der Waals surface area (Å²) in [7, 11) is 1.44. The molecule has 1 heterocycles. The molecular formula is C18H20N6O3. The number of urea groups is 1. The van der Waals surface area contributed by atoms with Crippen molar-refractivity contribution in [2.24, 2.45) is 0 Å². The monoisotopic (exact) mass is 368 g/mol. The Bertz CT molecular complexity index is 817. The summed E-state index contributed by atoms with van der Waals surface area (Å²) < 4.78 is 4.74. The van der Waals surface area contributed by atoms with Gasteiger partial charge in [-0.2, -0.15) is 5.26 Å². The van der Waals surface area contributed by atoms with Crippen LogP contribution in [0.25, 0.3) is 0 Å². The van der Waals surface area contributed by atoms with E-state index in [2.05, 4.69) is 26.3 Å². The Morgan fingerprint density at radius 2 is 1.81 bits per heavy atom. The Kier molecular flexibility index (Phi) is 7.56. The SMILES string of the molecule is COCC(=O)Nc1ccc(NC(=O)NCCNc2ncccc2C#N)cc1. The molecule has 0 atom stereocenters. The predicted molar refractivity (Wildman–Crippen MR) is 101 cm³/mol. The molecule has 0 aliphatic heterocycles. The van der Waals surface area contributed by atoms with Crippen molar-refractivity contribution in [1.29, 1.82) is 5.26 Å². The first-order chi connectivity index (χ1) is 13.1. The molecule has 4 N–H and O–H groups in total. The summed E-state index contributed by atoms with van der Waals surface area (Å²) in [6.07, 6.45) is 1.59. The van der Waals surface area contributed by atoms with Gasteiger partial charge in [0, 0.05) is 37.8 Å². The minimum absolute atomic E-state index is 0.0230. The second-order valence-corrected chi connectivity index (χ2v) is 5.38. The molecule has 2 rings (SSSR count). The van der Waals surface area contributed by atoms with E-state index in [9.17, 15) is 9.59 Å². The molecule has 1 aromatic heterocycles. The molecule has 27 heavy (non-hydrogen) atoms. The lowest BCUT2D eigenvalue weighted by atomic mass is 10.3. The average molecular weight is 368 g/mol. The van der Waals surface area contributed by atoms with E-state index >= 15 is 0 Å². The predicted octanol–water partition coefficient (Wildman–Crippen LogP) is 1.77. The summed E-state index contributed by atoms with van der Waals surface area (Å²) in [5, 5.41) is 20.0. The van der Waals surface area contributed by atoms with Gasteiger partial charge in [0.25, 0.3) is 0 Å². The van der Waals surface area contributed by atoms with E-state index in [0.29, 0.717) is 35.8 Å². The summed E-state index contributed by atoms with van der Waals surface area (Å²) >= 11 is 0. The number of aromatic nitrogens is 1. The molecule has 0 unspecified atom stereocenters. The van der Waals surface area contributed by atoms with Gasteiger partial charge in [-0.05, 0) is 36.4 Å². The molecule has 9 nitrogen and oxygen atoms in total. The zero-order valence-electron chi connectivity index (χ0n) is 14.8. The number of amides is 3. The van der Waals surface area contributed by atoms with Crippen molar-refractivity contribution in [2.45, 2.75) is 0 Å². The number of pyridine rings is 1. The summed E-state index contributed by atoms with van der Waals surface area (Å²) in [5.74, 6) is 0.226. The maximum absolute atomic E-state index is 11.9. The third-order valence-corrected chi connectivity index (χ3v) is 3.33. The first kappa shape index (κ1) is 19.7. The molecule has 140 valence electrons. The number of carbonyl (C=O) groups excluding carboxylic acids is 2. The molecule has 0 aliphatic rings. The number of carbonyl (C=O) groups is 2. The van der Waals surface area contributed by atoms with Crippen LogP contribution in [0.1, 0.15) is 5.56 Å². The quantitative estimate of drug-likeness (QED) is 0.526. The lowest BCUT2D eigenvalue weighted by Crippen LogP contribution is -2.32. The smallest absolute Gasteiger partial charge is 0.319 e. The molecule has 0 bridgehead atoms. The number of nitriles is 1. The number of anilines is 3. The van der Waals surface area contributed by atoms with Crippen LogP contribution < -0.4 is 21.3 Å². The van der Waals surface area contributed by atoms with Crippen molar-refractivity contribution in [3.8, 4) is 6.07 Å². The first-order valence-electron chi connectivity index (χ1n) is 8.15. The maximum atomic E-state index is 11.9. The molecule has 0 aliphatic carbocycles. The van der Waals surface area contributed by atoms with Gasteiger partial charge in [0.15, 0.2) is 0 Å². The number of nitrogens with zero attached hydrogens (tertiary/aromatic N) is 2. The van der Waals surface area contributed by atoms with Gasteiger partial charge >= 0.3 is 6.03 Å². The number of rotatable bonds is 8. The zero-order chi connectivity index (χ0) is 19.5. The van der Waals surface area contributed by atoms with Crippen molar-refractivity contribution in [2.75, 3.05) is 42.8 Å². The first-order valence-corrected chi connectivity index (χ1v) is 8.15. The summed E-state index contributed by atoms with van der Waals surface area (Å²) in [6, 6.07) is 11.7. The average Bonchev–Trinajstić information content (AvgIpc) is 2.67. The van der Waals surface area contributed by atoms with Gasteiger partial charge in [-0.1, -0.05) is 0 Å². The second-order valence-electron chi connectivity index (χ2n) is 5.38. The highest BCUT2D eigenvalue weighted by atomic mass is 16.5. The summed E-state index contributed by atoms with van der Waals surface area (Å²) in [6.45, 7) is 0.743. The molecule has 0 fully saturated rings. The van der Waals surface area contributed by atoms with Crippen molar-refractivity contribution >= 4 is 29.1 Å². The van der Waals surface area contributed by atoms with E-state index in [0.717, 1.165) is 0 Å². The summed E-state index contributed by atoms with van der Waals surface area (Å²) in [5.41, 5.74) is 1.64. The Labute approximate surface area is 156 Å². The minimum atomic E-state index is -0.366. The second kappa shape index (κ2) is 10.4. The molecule has 0 spiro atoms. The standard InChI is InChI=1S/C18H20N6O3/c1-27-12-16(25)23-14-4-6-15(7-5-14)24-18(26)22-10-9-21-17-13(11-19)3-2-8-20-17/h2-8H,9-10,12H2,1H3,(H,20,21)(H,23,25)(H2,22,24,26). The number of hydrogen-bond acceptors (Lipinski definition) is 6. The van der Waals surface area contributed by atoms with Gasteiger partial charge in [0.05, 0.1) is 5.56 Å². The van der Waals surface area contributed by atoms with Crippen molar-refractivity contribution in [3.05, 3.63) is 48.2 Å². The minimum Gasteiger partial charge on any atom is -0.375 e. The number of nitrogens with one attached hydrogen (secondary N) is 4. The lowest BCUT2D eigenvalue weighted by Gasteiger charge is -2.10. The van der Waals surface area contributed by atoms with E-state index in [1.54, 1.807) is 42.6 Å². The van der Waals surface area contributed by atoms with Crippen LogP contribution >= 0.6 is 0 Å². The molecule has 0 radical (unpaired) electrons. The fraction of sp³-hybridized carbons (Fsp3) is 0.222. The Balaban J connectivity index is 1.72. The van der Waals surface area contributed by atoms with E-state index in [4.69, 9.17) is 10.00 Å². The lowest BCUT2D eigenvalue weighted by molar-refractivity contribution is -0.119. The zero-order valence-corrected chi connectivity index (χ0v) is 14.8. The highest BCUT2D eigenvalue weighted by Crippen LogP contribution is 2.13. The van der Waals surface area contributed by atoms with E-state index in [-0.39, 0.29) is 18.5 Å². The highest BCUT2D eigenvalue weighted by molar-refractivity contribution is 5.93. The molecule has 1 aromatic carbocycles. The van der Waals surface area contributed by atoms with Crippen LogP contribution in [-0.4, -0.2) is 43.7 Å². The van der Waals surface area contributed by atoms with Gasteiger partial charge in [-0.25, -0.2) is 9.78 Å². The molecule has 9 heteroatoms. The molecule has 0 saturated carbocycles. The fourth-order valence-electron chi connectivity index (χ4n) is 2.13. The highest BCUT2D eigenvalue weighted by Gasteiger charge is 2.04. The van der Waals surface area contributed by atoms with E-state index in [1.165, 1.54) is 7.11 Å². The topological polar surface area (TPSA) is 128 Å². The van der Waals surface area contributed by atoms with Crippen LogP contribution in [0.15, 0.2) is 42.6 Å². The van der Waals surface area contributed by atoms with Gasteiger partial charge in [0.1, 0.15) is 18.5 Å². The van der Waals surface area contributed by atoms with Crippen molar-refractivity contribution in [3.63, 3.8) is 0 Å². The third-order valence-electron chi connectivity index (χ3n) is 3.33. The van der Waals surface area contributed by atoms with Crippen LogP contribution in [0.4, 0.5) is 22.0 Å². The Morgan fingerprint density at radius 1 is 1.11 bits per heavy atom. The van der Waals surface area contributed by atoms with Gasteiger partial charge in [-0.15, -0.1) is 0 Å². The number of benzene rings is 1. The largest absolute Gasteiger partial charge is 0.375 e. The van der Waals surface area contributed by atoms with E-state index < -0.39 is 0 Å².